The number of nitrogens with zero attached hydrogens (tertiary/aromatic N) is 2. The molecule has 0 aliphatic rings. The van der Waals surface area contributed by atoms with Crippen LogP contribution in [0.1, 0.15) is 44.5 Å². The van der Waals surface area contributed by atoms with Crippen molar-refractivity contribution >= 4 is 17.1 Å². The van der Waals surface area contributed by atoms with E-state index in [4.69, 9.17) is 9.47 Å². The van der Waals surface area contributed by atoms with Gasteiger partial charge in [0.2, 0.25) is 0 Å². The fraction of sp³-hybridized carbons (Fsp3) is 0.400. The van der Waals surface area contributed by atoms with Crippen molar-refractivity contribution in [3.05, 3.63) is 59.4 Å². The predicted octanol–water partition coefficient (Wildman–Crippen LogP) is 4.08. The second kappa shape index (κ2) is 9.16. The van der Waals surface area contributed by atoms with Crippen LogP contribution in [0.15, 0.2) is 47.0 Å². The van der Waals surface area contributed by atoms with Crippen LogP contribution in [0.4, 0.5) is 0 Å². The lowest BCUT2D eigenvalue weighted by Gasteiger charge is -2.18. The lowest BCUT2D eigenvalue weighted by atomic mass is 10.1. The van der Waals surface area contributed by atoms with Gasteiger partial charge in [0.1, 0.15) is 21.9 Å². The molecule has 0 aliphatic heterocycles. The van der Waals surface area contributed by atoms with E-state index in [1.165, 1.54) is 0 Å². The van der Waals surface area contributed by atoms with E-state index in [-0.39, 0.29) is 4.75 Å². The number of benzene rings is 1. The van der Waals surface area contributed by atoms with Gasteiger partial charge in [-0.15, -0.1) is 0 Å². The first-order valence-corrected chi connectivity index (χ1v) is 9.53. The third kappa shape index (κ3) is 6.12. The SMILES string of the molecule is COc1ccc(COCc2cc(C(C)=N[S+]([O-])C(C)(C)C)ccn2)cc1. The van der Waals surface area contributed by atoms with E-state index in [9.17, 15) is 4.55 Å². The van der Waals surface area contributed by atoms with Crippen LogP contribution in [0.25, 0.3) is 0 Å². The number of rotatable bonds is 7. The van der Waals surface area contributed by atoms with Crippen molar-refractivity contribution in [1.29, 1.82) is 0 Å². The van der Waals surface area contributed by atoms with Gasteiger partial charge in [0, 0.05) is 11.8 Å². The molecule has 2 aromatic rings. The minimum Gasteiger partial charge on any atom is -0.591 e. The molecule has 0 radical (unpaired) electrons. The molecule has 0 fully saturated rings. The zero-order valence-electron chi connectivity index (χ0n) is 16.0. The van der Waals surface area contributed by atoms with Crippen LogP contribution >= 0.6 is 0 Å². The summed E-state index contributed by atoms with van der Waals surface area (Å²) in [5.74, 6) is 0.825. The Morgan fingerprint density at radius 3 is 2.46 bits per heavy atom. The molecule has 0 amide bonds. The molecule has 0 bridgehead atoms. The number of hydrogen-bond acceptors (Lipinski definition) is 5. The Labute approximate surface area is 158 Å². The highest BCUT2D eigenvalue weighted by atomic mass is 32.2. The summed E-state index contributed by atoms with van der Waals surface area (Å²) in [6.07, 6.45) is 1.72. The molecule has 1 heterocycles. The molecule has 1 aromatic carbocycles. The van der Waals surface area contributed by atoms with Crippen LogP contribution in [0.2, 0.25) is 0 Å². The monoisotopic (exact) mass is 374 g/mol. The highest BCUT2D eigenvalue weighted by Crippen LogP contribution is 2.18. The molecule has 1 atom stereocenters. The van der Waals surface area contributed by atoms with Gasteiger partial charge in [-0.05, 0) is 57.5 Å². The van der Waals surface area contributed by atoms with Gasteiger partial charge >= 0.3 is 0 Å². The van der Waals surface area contributed by atoms with Crippen molar-refractivity contribution in [2.75, 3.05) is 7.11 Å². The molecular weight excluding hydrogens is 348 g/mol. The van der Waals surface area contributed by atoms with Crippen molar-refractivity contribution < 1.29 is 14.0 Å². The zero-order valence-corrected chi connectivity index (χ0v) is 16.8. The normalized spacial score (nSPS) is 13.5. The number of ether oxygens (including phenoxy) is 2. The molecule has 26 heavy (non-hydrogen) atoms. The maximum atomic E-state index is 12.2. The topological polar surface area (TPSA) is 66.8 Å². The van der Waals surface area contributed by atoms with Crippen LogP contribution in [0, 0.1) is 0 Å². The molecule has 140 valence electrons. The Hall–Kier alpha value is -1.89. The number of aromatic nitrogens is 1. The summed E-state index contributed by atoms with van der Waals surface area (Å²) in [7, 11) is 1.65. The van der Waals surface area contributed by atoms with Crippen molar-refractivity contribution in [3.8, 4) is 5.75 Å². The lowest BCUT2D eigenvalue weighted by molar-refractivity contribution is 0.104. The first-order valence-electron chi connectivity index (χ1n) is 8.43. The number of pyridine rings is 1. The molecule has 2 rings (SSSR count). The standard InChI is InChI=1S/C20H26N2O3S/c1-15(22-26(23)20(2,3)4)17-10-11-21-18(12-17)14-25-13-16-6-8-19(24-5)9-7-16/h6-12H,13-14H2,1-5H3. The van der Waals surface area contributed by atoms with Crippen LogP contribution < -0.4 is 4.74 Å². The number of methoxy groups -OCH3 is 1. The fourth-order valence-corrected chi connectivity index (χ4v) is 2.72. The van der Waals surface area contributed by atoms with Crippen LogP contribution in [0.3, 0.4) is 0 Å². The van der Waals surface area contributed by atoms with Gasteiger partial charge < -0.3 is 14.0 Å². The molecule has 0 aliphatic carbocycles. The molecule has 0 N–H and O–H groups in total. The predicted molar refractivity (Wildman–Crippen MR) is 106 cm³/mol. The van der Waals surface area contributed by atoms with Gasteiger partial charge in [0.05, 0.1) is 31.7 Å². The van der Waals surface area contributed by atoms with Crippen molar-refractivity contribution in [1.82, 2.24) is 4.98 Å². The smallest absolute Gasteiger partial charge is 0.144 e. The second-order valence-electron chi connectivity index (χ2n) is 6.91. The van der Waals surface area contributed by atoms with Gasteiger partial charge in [0.25, 0.3) is 0 Å². The average molecular weight is 375 g/mol. The molecule has 0 saturated heterocycles. The van der Waals surface area contributed by atoms with E-state index in [2.05, 4.69) is 9.38 Å². The first kappa shape index (κ1) is 20.4. The largest absolute Gasteiger partial charge is 0.591 e. The van der Waals surface area contributed by atoms with E-state index in [1.807, 2.05) is 64.1 Å². The molecular formula is C20H26N2O3S. The van der Waals surface area contributed by atoms with Gasteiger partial charge in [0.15, 0.2) is 0 Å². The summed E-state index contributed by atoms with van der Waals surface area (Å²) in [6, 6.07) is 11.6. The zero-order chi connectivity index (χ0) is 19.2. The lowest BCUT2D eigenvalue weighted by Crippen LogP contribution is -2.26. The van der Waals surface area contributed by atoms with Gasteiger partial charge in [-0.1, -0.05) is 16.5 Å². The third-order valence-corrected chi connectivity index (χ3v) is 5.14. The Kier molecular flexibility index (Phi) is 7.20. The van der Waals surface area contributed by atoms with Gasteiger partial charge in [-0.25, -0.2) is 0 Å². The van der Waals surface area contributed by atoms with E-state index >= 15 is 0 Å². The summed E-state index contributed by atoms with van der Waals surface area (Å²) in [5, 5.41) is 0. The van der Waals surface area contributed by atoms with Crippen LogP contribution in [-0.4, -0.2) is 27.1 Å². The molecule has 6 heteroatoms. The summed E-state index contributed by atoms with van der Waals surface area (Å²) in [6.45, 7) is 8.48. The summed E-state index contributed by atoms with van der Waals surface area (Å²) in [4.78, 5) is 4.33. The minimum absolute atomic E-state index is 0.376. The second-order valence-corrected chi connectivity index (χ2v) is 8.82. The fourth-order valence-electron chi connectivity index (χ4n) is 2.09. The Balaban J connectivity index is 1.96. The third-order valence-electron chi connectivity index (χ3n) is 3.66. The molecule has 1 aromatic heterocycles. The highest BCUT2D eigenvalue weighted by molar-refractivity contribution is 7.91. The maximum Gasteiger partial charge on any atom is 0.144 e. The molecule has 0 spiro atoms. The van der Waals surface area contributed by atoms with E-state index in [1.54, 1.807) is 13.3 Å². The highest BCUT2D eigenvalue weighted by Gasteiger charge is 2.26. The van der Waals surface area contributed by atoms with E-state index in [0.717, 1.165) is 28.3 Å². The summed E-state index contributed by atoms with van der Waals surface area (Å²) >= 11 is -1.28. The quantitative estimate of drug-likeness (QED) is 0.541. The van der Waals surface area contributed by atoms with Crippen LogP contribution in [-0.2, 0) is 29.3 Å². The van der Waals surface area contributed by atoms with Crippen LogP contribution in [0.5, 0.6) is 5.75 Å². The Bertz CT molecular complexity index is 739. The summed E-state index contributed by atoms with van der Waals surface area (Å²) in [5.41, 5.74) is 3.52. The van der Waals surface area contributed by atoms with Crippen molar-refractivity contribution in [2.24, 2.45) is 4.40 Å². The van der Waals surface area contributed by atoms with Gasteiger partial charge in [-0.3, -0.25) is 4.98 Å². The first-order chi connectivity index (χ1) is 12.3. The molecule has 0 saturated carbocycles. The van der Waals surface area contributed by atoms with Crippen molar-refractivity contribution in [3.63, 3.8) is 0 Å². The summed E-state index contributed by atoms with van der Waals surface area (Å²) < 4.78 is 27.0. The van der Waals surface area contributed by atoms with Crippen molar-refractivity contribution in [2.45, 2.75) is 45.7 Å². The average Bonchev–Trinajstić information content (AvgIpc) is 2.61. The number of hydrogen-bond donors (Lipinski definition) is 0. The van der Waals surface area contributed by atoms with E-state index in [0.29, 0.717) is 13.2 Å². The Morgan fingerprint density at radius 2 is 1.85 bits per heavy atom. The Morgan fingerprint density at radius 1 is 1.15 bits per heavy atom. The minimum atomic E-state index is -1.28. The van der Waals surface area contributed by atoms with Gasteiger partial charge in [-0.2, -0.15) is 0 Å². The molecule has 1 unspecified atom stereocenters. The maximum absolute atomic E-state index is 12.2. The van der Waals surface area contributed by atoms with E-state index < -0.39 is 11.4 Å². The molecule has 5 nitrogen and oxygen atoms in total.